The Morgan fingerprint density at radius 1 is 1.10 bits per heavy atom. The van der Waals surface area contributed by atoms with Gasteiger partial charge >= 0.3 is 5.97 Å². The number of amides is 1. The van der Waals surface area contributed by atoms with Crippen molar-refractivity contribution < 1.29 is 14.7 Å². The molecule has 0 fully saturated rings. The van der Waals surface area contributed by atoms with Crippen LogP contribution >= 0.6 is 15.9 Å². The maximum absolute atomic E-state index is 12.3. The van der Waals surface area contributed by atoms with Crippen LogP contribution in [0.1, 0.15) is 28.8 Å². The summed E-state index contributed by atoms with van der Waals surface area (Å²) in [7, 11) is 0. The highest BCUT2D eigenvalue weighted by molar-refractivity contribution is 9.10. The monoisotopic (exact) mass is 347 g/mol. The van der Waals surface area contributed by atoms with Crippen LogP contribution in [0.15, 0.2) is 53.0 Å². The van der Waals surface area contributed by atoms with Crippen molar-refractivity contribution in [2.75, 3.05) is 5.32 Å². The third kappa shape index (κ3) is 3.49. The average Bonchev–Trinajstić information content (AvgIpc) is 2.49. The van der Waals surface area contributed by atoms with Crippen LogP contribution in [-0.2, 0) is 4.79 Å². The van der Waals surface area contributed by atoms with Gasteiger partial charge in [0, 0.05) is 4.47 Å². The topological polar surface area (TPSA) is 66.4 Å². The lowest BCUT2D eigenvalue weighted by atomic mass is 10.0. The van der Waals surface area contributed by atoms with Crippen molar-refractivity contribution >= 4 is 33.5 Å². The molecule has 5 heteroatoms. The summed E-state index contributed by atoms with van der Waals surface area (Å²) in [6.07, 6.45) is 0. The van der Waals surface area contributed by atoms with Gasteiger partial charge in [-0.25, -0.2) is 4.79 Å². The van der Waals surface area contributed by atoms with E-state index in [0.29, 0.717) is 4.47 Å². The number of hydrogen-bond acceptors (Lipinski definition) is 2. The Labute approximate surface area is 130 Å². The Hall–Kier alpha value is -2.14. The molecule has 0 radical (unpaired) electrons. The van der Waals surface area contributed by atoms with Crippen molar-refractivity contribution in [3.8, 4) is 0 Å². The van der Waals surface area contributed by atoms with Crippen LogP contribution in [0.3, 0.4) is 0 Å². The van der Waals surface area contributed by atoms with Crippen LogP contribution in [0.2, 0.25) is 0 Å². The fraction of sp³-hybridized carbons (Fsp3) is 0.125. The summed E-state index contributed by atoms with van der Waals surface area (Å²) in [6.45, 7) is 1.78. The van der Waals surface area contributed by atoms with Crippen LogP contribution in [0.4, 0.5) is 5.69 Å². The number of halogens is 1. The molecule has 0 spiro atoms. The molecule has 2 rings (SSSR count). The van der Waals surface area contributed by atoms with Crippen LogP contribution in [0.5, 0.6) is 0 Å². The summed E-state index contributed by atoms with van der Waals surface area (Å²) < 4.78 is 0.538. The van der Waals surface area contributed by atoms with E-state index in [1.807, 2.05) is 30.3 Å². The molecule has 0 heterocycles. The first kappa shape index (κ1) is 15.3. The highest BCUT2D eigenvalue weighted by Gasteiger charge is 2.19. The van der Waals surface area contributed by atoms with Gasteiger partial charge in [-0.3, -0.25) is 4.79 Å². The molecule has 0 saturated carbocycles. The smallest absolute Gasteiger partial charge is 0.337 e. The number of carbonyl (C=O) groups is 2. The van der Waals surface area contributed by atoms with Crippen molar-refractivity contribution in [2.24, 2.45) is 0 Å². The summed E-state index contributed by atoms with van der Waals surface area (Å²) in [4.78, 5) is 23.5. The fourth-order valence-corrected chi connectivity index (χ4v) is 2.42. The normalized spacial score (nSPS) is 11.7. The van der Waals surface area contributed by atoms with Gasteiger partial charge in [0.25, 0.3) is 0 Å². The van der Waals surface area contributed by atoms with Gasteiger partial charge in [0.1, 0.15) is 0 Å². The number of benzene rings is 2. The second-order valence-electron chi connectivity index (χ2n) is 4.59. The highest BCUT2D eigenvalue weighted by atomic mass is 79.9. The molecule has 108 valence electrons. The summed E-state index contributed by atoms with van der Waals surface area (Å²) in [5.41, 5.74) is 1.20. The van der Waals surface area contributed by atoms with Gasteiger partial charge in [-0.05, 0) is 40.5 Å². The first-order valence-corrected chi connectivity index (χ1v) is 7.17. The first-order valence-electron chi connectivity index (χ1n) is 6.38. The quantitative estimate of drug-likeness (QED) is 0.881. The Balaban J connectivity index is 2.26. The zero-order chi connectivity index (χ0) is 15.4. The van der Waals surface area contributed by atoms with E-state index in [4.69, 9.17) is 0 Å². The standard InChI is InChI=1S/C16H14BrNO3/c1-10(11-6-3-2-4-7-11)15(19)18-14-12(16(20)21)8-5-9-13(14)17/h2-10H,1H3,(H,18,19)(H,20,21). The largest absolute Gasteiger partial charge is 0.478 e. The van der Waals surface area contributed by atoms with Gasteiger partial charge in [-0.2, -0.15) is 0 Å². The second-order valence-corrected chi connectivity index (χ2v) is 5.44. The number of aromatic carboxylic acids is 1. The molecule has 4 nitrogen and oxygen atoms in total. The number of para-hydroxylation sites is 1. The zero-order valence-electron chi connectivity index (χ0n) is 11.3. The minimum Gasteiger partial charge on any atom is -0.478 e. The molecule has 1 atom stereocenters. The van der Waals surface area contributed by atoms with Gasteiger partial charge in [-0.15, -0.1) is 0 Å². The molecule has 1 amide bonds. The third-order valence-corrected chi connectivity index (χ3v) is 3.85. The molecule has 1 unspecified atom stereocenters. The Morgan fingerprint density at radius 3 is 2.38 bits per heavy atom. The lowest BCUT2D eigenvalue weighted by Gasteiger charge is -2.15. The van der Waals surface area contributed by atoms with Crippen molar-refractivity contribution in [1.82, 2.24) is 0 Å². The van der Waals surface area contributed by atoms with E-state index in [1.165, 1.54) is 6.07 Å². The SMILES string of the molecule is CC(C(=O)Nc1c(Br)cccc1C(=O)O)c1ccccc1. The zero-order valence-corrected chi connectivity index (χ0v) is 12.9. The molecule has 0 bridgehead atoms. The molecular formula is C16H14BrNO3. The number of carbonyl (C=O) groups excluding carboxylic acids is 1. The Kier molecular flexibility index (Phi) is 4.75. The molecule has 0 aromatic heterocycles. The molecule has 0 aliphatic rings. The number of nitrogens with one attached hydrogen (secondary N) is 1. The van der Waals surface area contributed by atoms with E-state index in [9.17, 15) is 14.7 Å². The Morgan fingerprint density at radius 2 is 1.76 bits per heavy atom. The Bertz CT molecular complexity index is 670. The van der Waals surface area contributed by atoms with Gasteiger partial charge in [0.15, 0.2) is 0 Å². The predicted octanol–water partition coefficient (Wildman–Crippen LogP) is 3.89. The van der Waals surface area contributed by atoms with E-state index in [1.54, 1.807) is 19.1 Å². The van der Waals surface area contributed by atoms with Crippen LogP contribution in [0.25, 0.3) is 0 Å². The van der Waals surface area contributed by atoms with Crippen LogP contribution in [0, 0.1) is 0 Å². The van der Waals surface area contributed by atoms with Gasteiger partial charge in [-0.1, -0.05) is 36.4 Å². The number of carboxylic acids is 1. The summed E-state index contributed by atoms with van der Waals surface area (Å²) >= 11 is 3.27. The van der Waals surface area contributed by atoms with E-state index in [-0.39, 0.29) is 23.1 Å². The number of hydrogen-bond donors (Lipinski definition) is 2. The highest BCUT2D eigenvalue weighted by Crippen LogP contribution is 2.28. The first-order chi connectivity index (χ1) is 10.0. The molecule has 21 heavy (non-hydrogen) atoms. The van der Waals surface area contributed by atoms with Crippen molar-refractivity contribution in [1.29, 1.82) is 0 Å². The molecule has 2 N–H and O–H groups in total. The lowest BCUT2D eigenvalue weighted by Crippen LogP contribution is -2.20. The minimum absolute atomic E-state index is 0.0537. The molecule has 2 aromatic rings. The maximum Gasteiger partial charge on any atom is 0.337 e. The average molecular weight is 348 g/mol. The van der Waals surface area contributed by atoms with Gasteiger partial charge in [0.05, 0.1) is 17.2 Å². The van der Waals surface area contributed by atoms with Crippen molar-refractivity contribution in [3.05, 3.63) is 64.1 Å². The predicted molar refractivity (Wildman–Crippen MR) is 84.6 cm³/mol. The van der Waals surface area contributed by atoms with Crippen LogP contribution in [-0.4, -0.2) is 17.0 Å². The van der Waals surface area contributed by atoms with Crippen molar-refractivity contribution in [2.45, 2.75) is 12.8 Å². The molecule has 0 aliphatic carbocycles. The fourth-order valence-electron chi connectivity index (χ4n) is 1.95. The van der Waals surface area contributed by atoms with Gasteiger partial charge in [0.2, 0.25) is 5.91 Å². The summed E-state index contributed by atoms with van der Waals surface area (Å²) in [6, 6.07) is 14.1. The minimum atomic E-state index is -1.08. The number of anilines is 1. The molecular weight excluding hydrogens is 334 g/mol. The number of rotatable bonds is 4. The van der Waals surface area contributed by atoms with E-state index in [2.05, 4.69) is 21.2 Å². The van der Waals surface area contributed by atoms with E-state index in [0.717, 1.165) is 5.56 Å². The van der Waals surface area contributed by atoms with Crippen molar-refractivity contribution in [3.63, 3.8) is 0 Å². The third-order valence-electron chi connectivity index (χ3n) is 3.19. The lowest BCUT2D eigenvalue weighted by molar-refractivity contribution is -0.117. The summed E-state index contributed by atoms with van der Waals surface area (Å²) in [5.74, 6) is -1.71. The summed E-state index contributed by atoms with van der Waals surface area (Å²) in [5, 5.41) is 11.9. The van der Waals surface area contributed by atoms with Crippen LogP contribution < -0.4 is 5.32 Å². The maximum atomic E-state index is 12.3. The van der Waals surface area contributed by atoms with Gasteiger partial charge < -0.3 is 10.4 Å². The molecule has 2 aromatic carbocycles. The second kappa shape index (κ2) is 6.54. The molecule has 0 saturated heterocycles. The molecule has 0 aliphatic heterocycles. The van der Waals surface area contributed by atoms with E-state index < -0.39 is 5.97 Å². The van der Waals surface area contributed by atoms with E-state index >= 15 is 0 Å². The number of carboxylic acid groups (broad SMARTS) is 1.